The SMILES string of the molecule is Nc1ccc(Cl)c(S(=O)(=O)NCc2cscn2)c1. The minimum Gasteiger partial charge on any atom is -0.399 e. The van der Waals surface area contributed by atoms with Crippen molar-refractivity contribution < 1.29 is 8.42 Å². The van der Waals surface area contributed by atoms with Crippen LogP contribution in [0.1, 0.15) is 5.69 Å². The number of rotatable bonds is 4. The Bertz CT molecular complexity index is 641. The summed E-state index contributed by atoms with van der Waals surface area (Å²) in [7, 11) is -3.69. The van der Waals surface area contributed by atoms with E-state index in [0.29, 0.717) is 11.4 Å². The number of hydrogen-bond donors (Lipinski definition) is 2. The van der Waals surface area contributed by atoms with E-state index in [0.717, 1.165) is 0 Å². The van der Waals surface area contributed by atoms with Crippen molar-refractivity contribution in [2.45, 2.75) is 11.4 Å². The van der Waals surface area contributed by atoms with Crippen molar-refractivity contribution >= 4 is 38.6 Å². The molecule has 0 aliphatic heterocycles. The Morgan fingerprint density at radius 1 is 1.44 bits per heavy atom. The molecule has 8 heteroatoms. The molecule has 0 radical (unpaired) electrons. The van der Waals surface area contributed by atoms with Crippen molar-refractivity contribution in [2.75, 3.05) is 5.73 Å². The first-order chi connectivity index (χ1) is 8.49. The molecule has 2 rings (SSSR count). The van der Waals surface area contributed by atoms with Crippen LogP contribution in [0.15, 0.2) is 34.0 Å². The number of thiazole rings is 1. The van der Waals surface area contributed by atoms with Gasteiger partial charge in [0.1, 0.15) is 4.90 Å². The third-order valence-corrected chi connectivity index (χ3v) is 4.69. The van der Waals surface area contributed by atoms with Gasteiger partial charge < -0.3 is 5.73 Å². The first-order valence-electron chi connectivity index (χ1n) is 4.91. The van der Waals surface area contributed by atoms with Crippen LogP contribution in [0.2, 0.25) is 5.02 Å². The Hall–Kier alpha value is -1.15. The maximum Gasteiger partial charge on any atom is 0.242 e. The standard InChI is InChI=1S/C10H10ClN3O2S2/c11-9-2-1-7(12)3-10(9)18(15,16)14-4-8-5-17-6-13-8/h1-3,5-6,14H,4,12H2. The second kappa shape index (κ2) is 5.23. The first-order valence-corrected chi connectivity index (χ1v) is 7.71. The molecule has 0 fully saturated rings. The number of nitrogens with two attached hydrogens (primary N) is 1. The highest BCUT2D eigenvalue weighted by atomic mass is 35.5. The molecule has 2 aromatic rings. The number of sulfonamides is 1. The van der Waals surface area contributed by atoms with Crippen molar-refractivity contribution in [1.82, 2.24) is 9.71 Å². The van der Waals surface area contributed by atoms with Gasteiger partial charge in [0.05, 0.1) is 22.8 Å². The Kier molecular flexibility index (Phi) is 3.86. The zero-order valence-electron chi connectivity index (χ0n) is 9.13. The number of halogens is 1. The lowest BCUT2D eigenvalue weighted by molar-refractivity contribution is 0.580. The number of hydrogen-bond acceptors (Lipinski definition) is 5. The average Bonchev–Trinajstić information content (AvgIpc) is 2.83. The Labute approximate surface area is 114 Å². The second-order valence-corrected chi connectivity index (χ2v) is 6.36. The van der Waals surface area contributed by atoms with E-state index in [1.807, 2.05) is 0 Å². The average molecular weight is 304 g/mol. The number of benzene rings is 1. The van der Waals surface area contributed by atoms with Crippen LogP contribution in [0.5, 0.6) is 0 Å². The fraction of sp³-hybridized carbons (Fsp3) is 0.100. The van der Waals surface area contributed by atoms with Crippen molar-refractivity contribution in [3.8, 4) is 0 Å². The Morgan fingerprint density at radius 3 is 2.89 bits per heavy atom. The lowest BCUT2D eigenvalue weighted by atomic mass is 10.3. The zero-order chi connectivity index (χ0) is 13.2. The molecule has 18 heavy (non-hydrogen) atoms. The van der Waals surface area contributed by atoms with Crippen LogP contribution >= 0.6 is 22.9 Å². The normalized spacial score (nSPS) is 11.6. The molecule has 96 valence electrons. The van der Waals surface area contributed by atoms with Crippen LogP contribution in [0.4, 0.5) is 5.69 Å². The van der Waals surface area contributed by atoms with Gasteiger partial charge in [-0.3, -0.25) is 0 Å². The van der Waals surface area contributed by atoms with Crippen LogP contribution in [-0.4, -0.2) is 13.4 Å². The number of nitrogens with one attached hydrogen (secondary N) is 1. The summed E-state index contributed by atoms with van der Waals surface area (Å²) in [6, 6.07) is 4.32. The fourth-order valence-corrected chi connectivity index (χ4v) is 3.39. The minimum atomic E-state index is -3.69. The molecule has 0 spiro atoms. The summed E-state index contributed by atoms with van der Waals surface area (Å²) in [5.41, 5.74) is 8.19. The van der Waals surface area contributed by atoms with E-state index in [4.69, 9.17) is 17.3 Å². The predicted molar refractivity (Wildman–Crippen MR) is 72.0 cm³/mol. The largest absolute Gasteiger partial charge is 0.399 e. The molecule has 0 atom stereocenters. The van der Waals surface area contributed by atoms with Gasteiger partial charge in [-0.15, -0.1) is 11.3 Å². The lowest BCUT2D eigenvalue weighted by Gasteiger charge is -2.08. The highest BCUT2D eigenvalue weighted by Crippen LogP contribution is 2.23. The summed E-state index contributed by atoms with van der Waals surface area (Å²) in [5.74, 6) is 0. The first kappa shape index (κ1) is 13.3. The molecule has 0 saturated heterocycles. The number of nitrogens with zero attached hydrogens (tertiary/aromatic N) is 1. The van der Waals surface area contributed by atoms with Gasteiger partial charge in [0.15, 0.2) is 0 Å². The molecule has 0 unspecified atom stereocenters. The van der Waals surface area contributed by atoms with Crippen LogP contribution in [0.25, 0.3) is 0 Å². The maximum atomic E-state index is 12.0. The highest BCUT2D eigenvalue weighted by molar-refractivity contribution is 7.89. The van der Waals surface area contributed by atoms with Gasteiger partial charge in [-0.2, -0.15) is 0 Å². The summed E-state index contributed by atoms with van der Waals surface area (Å²) < 4.78 is 26.5. The van der Waals surface area contributed by atoms with E-state index < -0.39 is 10.0 Å². The molecule has 0 aliphatic rings. The van der Waals surface area contributed by atoms with Crippen molar-refractivity contribution in [2.24, 2.45) is 0 Å². The van der Waals surface area contributed by atoms with Crippen molar-refractivity contribution in [3.05, 3.63) is 39.8 Å². The van der Waals surface area contributed by atoms with Gasteiger partial charge in [0, 0.05) is 11.1 Å². The Morgan fingerprint density at radius 2 is 2.22 bits per heavy atom. The van der Waals surface area contributed by atoms with Crippen LogP contribution in [0.3, 0.4) is 0 Å². The van der Waals surface area contributed by atoms with Crippen molar-refractivity contribution in [1.29, 1.82) is 0 Å². The van der Waals surface area contributed by atoms with Crippen LogP contribution in [0, 0.1) is 0 Å². The number of nitrogen functional groups attached to an aromatic ring is 1. The van der Waals surface area contributed by atoms with E-state index in [1.165, 1.54) is 23.5 Å². The zero-order valence-corrected chi connectivity index (χ0v) is 11.5. The van der Waals surface area contributed by atoms with E-state index in [1.54, 1.807) is 17.0 Å². The molecule has 0 saturated carbocycles. The third kappa shape index (κ3) is 2.99. The molecule has 1 heterocycles. The third-order valence-electron chi connectivity index (χ3n) is 2.17. The van der Waals surface area contributed by atoms with Crippen molar-refractivity contribution in [3.63, 3.8) is 0 Å². The van der Waals surface area contributed by atoms with Gasteiger partial charge in [-0.1, -0.05) is 11.6 Å². The van der Waals surface area contributed by atoms with Crippen LogP contribution < -0.4 is 10.5 Å². The molecular weight excluding hydrogens is 294 g/mol. The van der Waals surface area contributed by atoms with Crippen LogP contribution in [-0.2, 0) is 16.6 Å². The molecule has 1 aromatic carbocycles. The summed E-state index contributed by atoms with van der Waals surface area (Å²) >= 11 is 7.25. The number of anilines is 1. The molecule has 1 aromatic heterocycles. The summed E-state index contributed by atoms with van der Waals surface area (Å²) in [5, 5.41) is 1.90. The molecular formula is C10H10ClN3O2S2. The highest BCUT2D eigenvalue weighted by Gasteiger charge is 2.18. The van der Waals surface area contributed by atoms with Gasteiger partial charge in [-0.05, 0) is 18.2 Å². The van der Waals surface area contributed by atoms with Gasteiger partial charge in [-0.25, -0.2) is 18.1 Å². The topological polar surface area (TPSA) is 85.1 Å². The molecule has 3 N–H and O–H groups in total. The smallest absolute Gasteiger partial charge is 0.242 e. The molecule has 0 amide bonds. The molecule has 0 bridgehead atoms. The fourth-order valence-electron chi connectivity index (χ4n) is 1.30. The van der Waals surface area contributed by atoms with Gasteiger partial charge in [0.25, 0.3) is 0 Å². The van der Waals surface area contributed by atoms with E-state index in [9.17, 15) is 8.42 Å². The predicted octanol–water partition coefficient (Wildman–Crippen LogP) is 1.86. The summed E-state index contributed by atoms with van der Waals surface area (Å²) in [4.78, 5) is 3.96. The minimum absolute atomic E-state index is 0.0283. The number of aromatic nitrogens is 1. The Balaban J connectivity index is 2.22. The molecule has 5 nitrogen and oxygen atoms in total. The maximum absolute atomic E-state index is 12.0. The molecule has 0 aliphatic carbocycles. The monoisotopic (exact) mass is 303 g/mol. The summed E-state index contributed by atoms with van der Waals surface area (Å²) in [6.45, 7) is 0.122. The summed E-state index contributed by atoms with van der Waals surface area (Å²) in [6.07, 6.45) is 0. The van der Waals surface area contributed by atoms with Gasteiger partial charge >= 0.3 is 0 Å². The lowest BCUT2D eigenvalue weighted by Crippen LogP contribution is -2.23. The quantitative estimate of drug-likeness (QED) is 0.844. The van der Waals surface area contributed by atoms with Gasteiger partial charge in [0.2, 0.25) is 10.0 Å². The van der Waals surface area contributed by atoms with E-state index in [2.05, 4.69) is 9.71 Å². The van der Waals surface area contributed by atoms with E-state index >= 15 is 0 Å². The second-order valence-electron chi connectivity index (χ2n) is 3.49. The van der Waals surface area contributed by atoms with E-state index in [-0.39, 0.29) is 16.5 Å².